The van der Waals surface area contributed by atoms with E-state index >= 15 is 0 Å². The number of nitro groups is 1. The van der Waals surface area contributed by atoms with E-state index < -0.39 is 10.8 Å². The minimum Gasteiger partial charge on any atom is -0.378 e. The average molecular weight is 504 g/mol. The Morgan fingerprint density at radius 1 is 1.00 bits per heavy atom. The van der Waals surface area contributed by atoms with Gasteiger partial charge in [-0.1, -0.05) is 11.6 Å². The zero-order chi connectivity index (χ0) is 24.1. The maximum Gasteiger partial charge on any atom is 0.293 e. The third kappa shape index (κ3) is 5.75. The second kappa shape index (κ2) is 11.0. The standard InChI is InChI=1S/C23H26ClN5O4S/c24-18-15-17(5-7-19(18)28-10-12-33-13-11-28)25-23(34)26-22(30)16-4-6-20(21(14-16)29(31)32)27-8-2-1-3-9-27/h4-7,14-15H,1-3,8-13H2,(H2,25,26,30,34). The van der Waals surface area contributed by atoms with Crippen molar-refractivity contribution < 1.29 is 14.5 Å². The van der Waals surface area contributed by atoms with E-state index in [4.69, 9.17) is 28.6 Å². The molecular formula is C23H26ClN5O4S. The van der Waals surface area contributed by atoms with Gasteiger partial charge in [-0.2, -0.15) is 0 Å². The Hall–Kier alpha value is -2.95. The summed E-state index contributed by atoms with van der Waals surface area (Å²) in [7, 11) is 0. The van der Waals surface area contributed by atoms with Gasteiger partial charge in [0.15, 0.2) is 5.11 Å². The summed E-state index contributed by atoms with van der Waals surface area (Å²) in [5.41, 5.74) is 2.15. The molecule has 2 aromatic rings. The summed E-state index contributed by atoms with van der Waals surface area (Å²) in [5.74, 6) is -0.526. The summed E-state index contributed by atoms with van der Waals surface area (Å²) in [6.45, 7) is 4.39. The van der Waals surface area contributed by atoms with Crippen LogP contribution >= 0.6 is 23.8 Å². The molecule has 2 heterocycles. The van der Waals surface area contributed by atoms with E-state index in [0.717, 1.165) is 51.1 Å². The smallest absolute Gasteiger partial charge is 0.293 e. The fourth-order valence-electron chi connectivity index (χ4n) is 4.20. The van der Waals surface area contributed by atoms with Crippen molar-refractivity contribution >= 4 is 57.6 Å². The number of amides is 1. The molecule has 180 valence electrons. The van der Waals surface area contributed by atoms with Crippen molar-refractivity contribution in [2.24, 2.45) is 0 Å². The summed E-state index contributed by atoms with van der Waals surface area (Å²) in [5, 5.41) is 17.8. The molecule has 0 aromatic heterocycles. The Bertz CT molecular complexity index is 1090. The van der Waals surface area contributed by atoms with E-state index in [-0.39, 0.29) is 16.4 Å². The summed E-state index contributed by atoms with van der Waals surface area (Å²) in [6.07, 6.45) is 3.12. The SMILES string of the molecule is O=C(NC(=S)Nc1ccc(N2CCOCC2)c(Cl)c1)c1ccc(N2CCCCC2)c([N+](=O)[O-])c1. The number of hydrogen-bond acceptors (Lipinski definition) is 7. The number of thiocarbonyl (C=S) groups is 1. The number of nitro benzene ring substituents is 1. The largest absolute Gasteiger partial charge is 0.378 e. The lowest BCUT2D eigenvalue weighted by Gasteiger charge is -2.29. The Balaban J connectivity index is 1.41. The van der Waals surface area contributed by atoms with Gasteiger partial charge >= 0.3 is 0 Å². The highest BCUT2D eigenvalue weighted by Crippen LogP contribution is 2.32. The monoisotopic (exact) mass is 503 g/mol. The lowest BCUT2D eigenvalue weighted by Crippen LogP contribution is -2.36. The van der Waals surface area contributed by atoms with Crippen LogP contribution in [0.5, 0.6) is 0 Å². The van der Waals surface area contributed by atoms with Crippen LogP contribution in [0.15, 0.2) is 36.4 Å². The van der Waals surface area contributed by atoms with Gasteiger partial charge in [-0.15, -0.1) is 0 Å². The number of benzene rings is 2. The molecule has 1 amide bonds. The molecule has 2 saturated heterocycles. The van der Waals surface area contributed by atoms with Gasteiger partial charge < -0.3 is 19.9 Å². The number of rotatable bonds is 5. The van der Waals surface area contributed by atoms with E-state index in [1.54, 1.807) is 18.2 Å². The van der Waals surface area contributed by atoms with Crippen molar-refractivity contribution in [1.29, 1.82) is 0 Å². The Morgan fingerprint density at radius 3 is 2.35 bits per heavy atom. The quantitative estimate of drug-likeness (QED) is 0.356. The lowest BCUT2D eigenvalue weighted by atomic mass is 10.1. The molecule has 2 N–H and O–H groups in total. The Kier molecular flexibility index (Phi) is 7.81. The third-order valence-corrected chi connectivity index (χ3v) is 6.42. The predicted molar refractivity (Wildman–Crippen MR) is 137 cm³/mol. The second-order valence-electron chi connectivity index (χ2n) is 8.18. The first kappa shape index (κ1) is 24.2. The molecule has 4 rings (SSSR count). The number of carbonyl (C=O) groups excluding carboxylic acids is 1. The molecular weight excluding hydrogens is 478 g/mol. The van der Waals surface area contributed by atoms with Crippen molar-refractivity contribution in [1.82, 2.24) is 5.32 Å². The highest BCUT2D eigenvalue weighted by atomic mass is 35.5. The summed E-state index contributed by atoms with van der Waals surface area (Å²) in [6, 6.07) is 9.98. The molecule has 0 aliphatic carbocycles. The van der Waals surface area contributed by atoms with Gasteiger partial charge in [0.1, 0.15) is 5.69 Å². The van der Waals surface area contributed by atoms with Crippen LogP contribution in [0.4, 0.5) is 22.7 Å². The van der Waals surface area contributed by atoms with E-state index in [1.807, 2.05) is 17.0 Å². The minimum atomic E-state index is -0.526. The van der Waals surface area contributed by atoms with Crippen LogP contribution in [0.2, 0.25) is 5.02 Å². The molecule has 2 aliphatic rings. The molecule has 9 nitrogen and oxygen atoms in total. The zero-order valence-electron chi connectivity index (χ0n) is 18.6. The van der Waals surface area contributed by atoms with Crippen LogP contribution in [-0.4, -0.2) is 55.3 Å². The van der Waals surface area contributed by atoms with E-state index in [9.17, 15) is 14.9 Å². The van der Waals surface area contributed by atoms with E-state index in [1.165, 1.54) is 6.07 Å². The van der Waals surface area contributed by atoms with Gasteiger partial charge in [0.2, 0.25) is 0 Å². The van der Waals surface area contributed by atoms with Crippen LogP contribution < -0.4 is 20.4 Å². The van der Waals surface area contributed by atoms with Crippen LogP contribution in [0, 0.1) is 10.1 Å². The van der Waals surface area contributed by atoms with Gasteiger partial charge in [0.05, 0.1) is 28.8 Å². The molecule has 2 aromatic carbocycles. The normalized spacial score (nSPS) is 16.1. The first-order valence-corrected chi connectivity index (χ1v) is 12.0. The van der Waals surface area contributed by atoms with Gasteiger partial charge in [-0.05, 0) is 61.8 Å². The molecule has 0 saturated carbocycles. The highest BCUT2D eigenvalue weighted by Gasteiger charge is 2.23. The second-order valence-corrected chi connectivity index (χ2v) is 9.00. The molecule has 0 atom stereocenters. The van der Waals surface area contributed by atoms with Crippen molar-refractivity contribution in [3.05, 3.63) is 57.1 Å². The van der Waals surface area contributed by atoms with Gasteiger partial charge in [0.25, 0.3) is 11.6 Å². The number of nitrogens with zero attached hydrogens (tertiary/aromatic N) is 3. The van der Waals surface area contributed by atoms with Gasteiger partial charge in [0, 0.05) is 43.5 Å². The summed E-state index contributed by atoms with van der Waals surface area (Å²) in [4.78, 5) is 28.1. The first-order valence-electron chi connectivity index (χ1n) is 11.2. The molecule has 0 bridgehead atoms. The number of morpholine rings is 1. The number of halogens is 1. The third-order valence-electron chi connectivity index (χ3n) is 5.92. The van der Waals surface area contributed by atoms with Crippen LogP contribution in [0.3, 0.4) is 0 Å². The molecule has 34 heavy (non-hydrogen) atoms. The zero-order valence-corrected chi connectivity index (χ0v) is 20.2. The molecule has 2 aliphatic heterocycles. The molecule has 0 unspecified atom stereocenters. The average Bonchev–Trinajstić information content (AvgIpc) is 2.84. The number of ether oxygens (including phenoxy) is 1. The number of hydrogen-bond donors (Lipinski definition) is 2. The molecule has 11 heteroatoms. The van der Waals surface area contributed by atoms with E-state index in [0.29, 0.717) is 29.6 Å². The van der Waals surface area contributed by atoms with Gasteiger partial charge in [-0.25, -0.2) is 0 Å². The van der Waals surface area contributed by atoms with Crippen LogP contribution in [0.1, 0.15) is 29.6 Å². The predicted octanol–water partition coefficient (Wildman–Crippen LogP) is 4.20. The lowest BCUT2D eigenvalue weighted by molar-refractivity contribution is -0.384. The molecule has 0 radical (unpaired) electrons. The topological polar surface area (TPSA) is 100.0 Å². The number of piperidine rings is 1. The Labute approximate surface area is 208 Å². The summed E-state index contributed by atoms with van der Waals surface area (Å²) < 4.78 is 5.37. The van der Waals surface area contributed by atoms with Crippen molar-refractivity contribution in [2.75, 3.05) is 54.5 Å². The van der Waals surface area contributed by atoms with Crippen molar-refractivity contribution in [3.8, 4) is 0 Å². The highest BCUT2D eigenvalue weighted by molar-refractivity contribution is 7.80. The number of carbonyl (C=O) groups is 1. The van der Waals surface area contributed by atoms with Gasteiger partial charge in [-0.3, -0.25) is 20.2 Å². The first-order chi connectivity index (χ1) is 16.4. The Morgan fingerprint density at radius 2 is 1.68 bits per heavy atom. The number of anilines is 3. The maximum atomic E-state index is 12.7. The maximum absolute atomic E-state index is 12.7. The molecule has 2 fully saturated rings. The minimum absolute atomic E-state index is 0.0722. The number of nitrogens with one attached hydrogen (secondary N) is 2. The summed E-state index contributed by atoms with van der Waals surface area (Å²) >= 11 is 11.7. The van der Waals surface area contributed by atoms with E-state index in [2.05, 4.69) is 15.5 Å². The van der Waals surface area contributed by atoms with Crippen LogP contribution in [0.25, 0.3) is 0 Å². The fourth-order valence-corrected chi connectivity index (χ4v) is 4.71. The van der Waals surface area contributed by atoms with Crippen LogP contribution in [-0.2, 0) is 4.74 Å². The fraction of sp³-hybridized carbons (Fsp3) is 0.391. The van der Waals surface area contributed by atoms with Crippen molar-refractivity contribution in [3.63, 3.8) is 0 Å². The van der Waals surface area contributed by atoms with Crippen molar-refractivity contribution in [2.45, 2.75) is 19.3 Å². The molecule has 0 spiro atoms.